The topological polar surface area (TPSA) is 92.4 Å². The molecule has 0 aliphatic rings. The highest BCUT2D eigenvalue weighted by Gasteiger charge is 2.20. The second-order valence-electron chi connectivity index (χ2n) is 4.42. The average Bonchev–Trinajstić information content (AvgIpc) is 2.80. The van der Waals surface area contributed by atoms with Crippen LogP contribution in [0, 0.1) is 13.8 Å². The molecule has 0 aromatic carbocycles. The largest absolute Gasteiger partial charge is 0.462 e. The summed E-state index contributed by atoms with van der Waals surface area (Å²) in [5.41, 5.74) is 1.64. The average molecular weight is 296 g/mol. The molecule has 0 atom stereocenters. The molecule has 0 aliphatic carbocycles. The van der Waals surface area contributed by atoms with Gasteiger partial charge in [0.15, 0.2) is 0 Å². The van der Waals surface area contributed by atoms with Gasteiger partial charge in [-0.25, -0.2) is 13.1 Å². The van der Waals surface area contributed by atoms with Crippen molar-refractivity contribution < 1.29 is 17.9 Å². The molecule has 20 heavy (non-hydrogen) atoms. The van der Waals surface area contributed by atoms with Crippen molar-refractivity contribution in [1.29, 1.82) is 0 Å². The third-order valence-corrected chi connectivity index (χ3v) is 4.32. The first-order valence-corrected chi connectivity index (χ1v) is 7.52. The van der Waals surface area contributed by atoms with Gasteiger partial charge in [-0.3, -0.25) is 4.98 Å². The molecule has 0 saturated heterocycles. The van der Waals surface area contributed by atoms with Crippen molar-refractivity contribution >= 4 is 10.0 Å². The molecule has 108 valence electrons. The van der Waals surface area contributed by atoms with Gasteiger partial charge >= 0.3 is 0 Å². The second-order valence-corrected chi connectivity index (χ2v) is 6.16. The lowest BCUT2D eigenvalue weighted by Gasteiger charge is -2.05. The van der Waals surface area contributed by atoms with Gasteiger partial charge in [0.1, 0.15) is 23.0 Å². The lowest BCUT2D eigenvalue weighted by Crippen LogP contribution is -2.23. The fourth-order valence-electron chi connectivity index (χ4n) is 1.73. The summed E-state index contributed by atoms with van der Waals surface area (Å²) in [5, 5.41) is 8.96. The number of hydrogen-bond acceptors (Lipinski definition) is 5. The Morgan fingerprint density at radius 3 is 2.65 bits per heavy atom. The minimum absolute atomic E-state index is 0.0432. The van der Waals surface area contributed by atoms with Gasteiger partial charge in [0.2, 0.25) is 10.0 Å². The Morgan fingerprint density at radius 2 is 2.10 bits per heavy atom. The summed E-state index contributed by atoms with van der Waals surface area (Å²) in [5.74, 6) is 0.475. The number of aromatic nitrogens is 1. The van der Waals surface area contributed by atoms with Gasteiger partial charge in [-0.1, -0.05) is 6.07 Å². The Hall–Kier alpha value is -1.70. The van der Waals surface area contributed by atoms with Crippen LogP contribution in [0.1, 0.15) is 22.8 Å². The number of aliphatic hydroxyl groups excluding tert-OH is 1. The maximum atomic E-state index is 12.1. The van der Waals surface area contributed by atoms with E-state index in [1.807, 2.05) is 19.1 Å². The molecule has 2 aromatic rings. The van der Waals surface area contributed by atoms with E-state index in [2.05, 4.69) is 9.71 Å². The molecule has 0 unspecified atom stereocenters. The Balaban J connectivity index is 2.14. The highest BCUT2D eigenvalue weighted by molar-refractivity contribution is 7.89. The zero-order valence-corrected chi connectivity index (χ0v) is 12.1. The number of aryl methyl sites for hydroxylation is 2. The van der Waals surface area contributed by atoms with E-state index in [1.54, 1.807) is 13.1 Å². The first-order chi connectivity index (χ1) is 9.42. The zero-order valence-electron chi connectivity index (χ0n) is 11.3. The number of nitrogens with zero attached hydrogens (tertiary/aromatic N) is 1. The van der Waals surface area contributed by atoms with Crippen LogP contribution in [0.3, 0.4) is 0 Å². The Morgan fingerprint density at radius 1 is 1.35 bits per heavy atom. The molecule has 0 spiro atoms. The van der Waals surface area contributed by atoms with E-state index in [0.29, 0.717) is 0 Å². The molecule has 0 radical (unpaired) electrons. The highest BCUT2D eigenvalue weighted by Crippen LogP contribution is 2.20. The summed E-state index contributed by atoms with van der Waals surface area (Å²) in [6.07, 6.45) is 1.62. The fourth-order valence-corrected chi connectivity index (χ4v) is 2.95. The summed E-state index contributed by atoms with van der Waals surface area (Å²) in [6, 6.07) is 4.95. The normalized spacial score (nSPS) is 11.8. The number of nitrogens with one attached hydrogen (secondary N) is 1. The van der Waals surface area contributed by atoms with Crippen LogP contribution in [0.5, 0.6) is 0 Å². The van der Waals surface area contributed by atoms with Crippen LogP contribution in [0.4, 0.5) is 0 Å². The first-order valence-electron chi connectivity index (χ1n) is 6.04. The van der Waals surface area contributed by atoms with Crippen molar-refractivity contribution in [2.24, 2.45) is 0 Å². The number of sulfonamides is 1. The van der Waals surface area contributed by atoms with Crippen LogP contribution in [-0.4, -0.2) is 18.5 Å². The molecule has 2 aromatic heterocycles. The highest BCUT2D eigenvalue weighted by atomic mass is 32.2. The van der Waals surface area contributed by atoms with Crippen molar-refractivity contribution in [1.82, 2.24) is 9.71 Å². The van der Waals surface area contributed by atoms with Gasteiger partial charge < -0.3 is 9.52 Å². The summed E-state index contributed by atoms with van der Waals surface area (Å²) in [4.78, 5) is 4.14. The molecule has 0 saturated carbocycles. The molecule has 0 aliphatic heterocycles. The van der Waals surface area contributed by atoms with E-state index in [1.165, 1.54) is 6.07 Å². The number of aliphatic hydroxyl groups is 1. The quantitative estimate of drug-likeness (QED) is 0.866. The minimum atomic E-state index is -3.67. The maximum Gasteiger partial charge on any atom is 0.244 e. The third kappa shape index (κ3) is 3.24. The summed E-state index contributed by atoms with van der Waals surface area (Å²) < 4.78 is 31.9. The number of hydrogen-bond donors (Lipinski definition) is 2. The van der Waals surface area contributed by atoms with Crippen LogP contribution in [0.2, 0.25) is 0 Å². The molecule has 2 N–H and O–H groups in total. The molecule has 0 fully saturated rings. The SMILES string of the molecule is Cc1ccc(CNS(=O)(=O)c2cc(CO)oc2C)cn1. The van der Waals surface area contributed by atoms with Crippen molar-refractivity contribution in [3.63, 3.8) is 0 Å². The predicted molar refractivity (Wildman–Crippen MR) is 72.4 cm³/mol. The van der Waals surface area contributed by atoms with Crippen LogP contribution in [0.25, 0.3) is 0 Å². The number of rotatable bonds is 5. The summed E-state index contributed by atoms with van der Waals surface area (Å²) in [7, 11) is -3.67. The van der Waals surface area contributed by atoms with E-state index in [-0.39, 0.29) is 29.6 Å². The summed E-state index contributed by atoms with van der Waals surface area (Å²) in [6.45, 7) is 3.22. The zero-order chi connectivity index (χ0) is 14.8. The third-order valence-electron chi connectivity index (χ3n) is 2.81. The van der Waals surface area contributed by atoms with Crippen molar-refractivity contribution in [2.45, 2.75) is 31.9 Å². The first kappa shape index (κ1) is 14.7. The van der Waals surface area contributed by atoms with Crippen LogP contribution in [-0.2, 0) is 23.2 Å². The minimum Gasteiger partial charge on any atom is -0.462 e. The molecule has 0 amide bonds. The van der Waals surface area contributed by atoms with E-state index in [9.17, 15) is 8.42 Å². The van der Waals surface area contributed by atoms with Gasteiger partial charge in [0.05, 0.1) is 0 Å². The van der Waals surface area contributed by atoms with E-state index in [0.717, 1.165) is 11.3 Å². The van der Waals surface area contributed by atoms with Crippen LogP contribution >= 0.6 is 0 Å². The van der Waals surface area contributed by atoms with Gasteiger partial charge in [-0.2, -0.15) is 0 Å². The number of pyridine rings is 1. The lowest BCUT2D eigenvalue weighted by molar-refractivity contribution is 0.244. The molecule has 2 rings (SSSR count). The van der Waals surface area contributed by atoms with Crippen molar-refractivity contribution in [2.75, 3.05) is 0 Å². The lowest BCUT2D eigenvalue weighted by atomic mass is 10.2. The maximum absolute atomic E-state index is 12.1. The Kier molecular flexibility index (Phi) is 4.22. The Labute approximate surface area is 117 Å². The predicted octanol–water partition coefficient (Wildman–Crippen LogP) is 1.26. The van der Waals surface area contributed by atoms with Gasteiger partial charge in [-0.05, 0) is 25.5 Å². The molecule has 6 nitrogen and oxygen atoms in total. The number of furan rings is 1. The molecule has 0 bridgehead atoms. The van der Waals surface area contributed by atoms with Gasteiger partial charge in [0.25, 0.3) is 0 Å². The van der Waals surface area contributed by atoms with Crippen molar-refractivity contribution in [3.8, 4) is 0 Å². The smallest absolute Gasteiger partial charge is 0.244 e. The Bertz CT molecular complexity index is 690. The standard InChI is InChI=1S/C13H16N2O4S/c1-9-3-4-11(6-14-9)7-15-20(17,18)13-5-12(8-16)19-10(13)2/h3-6,15-16H,7-8H2,1-2H3. The van der Waals surface area contributed by atoms with Crippen LogP contribution < -0.4 is 4.72 Å². The van der Waals surface area contributed by atoms with Gasteiger partial charge in [0, 0.05) is 24.5 Å². The van der Waals surface area contributed by atoms with Crippen LogP contribution in [0.15, 0.2) is 33.7 Å². The molecular formula is C13H16N2O4S. The van der Waals surface area contributed by atoms with E-state index >= 15 is 0 Å². The second kappa shape index (κ2) is 5.74. The summed E-state index contributed by atoms with van der Waals surface area (Å²) >= 11 is 0. The monoisotopic (exact) mass is 296 g/mol. The van der Waals surface area contributed by atoms with Crippen molar-refractivity contribution in [3.05, 3.63) is 47.2 Å². The van der Waals surface area contributed by atoms with E-state index in [4.69, 9.17) is 9.52 Å². The molecule has 2 heterocycles. The molecule has 7 heteroatoms. The van der Waals surface area contributed by atoms with E-state index < -0.39 is 10.0 Å². The van der Waals surface area contributed by atoms with Gasteiger partial charge in [-0.15, -0.1) is 0 Å². The molecular weight excluding hydrogens is 280 g/mol. The fraction of sp³-hybridized carbons (Fsp3) is 0.308.